The van der Waals surface area contributed by atoms with E-state index in [1.165, 1.54) is 24.3 Å². The fourth-order valence-electron chi connectivity index (χ4n) is 1.50. The van der Waals surface area contributed by atoms with Crippen molar-refractivity contribution in [3.05, 3.63) is 52.8 Å². The van der Waals surface area contributed by atoms with Crippen molar-refractivity contribution < 1.29 is 14.3 Å². The Kier molecular flexibility index (Phi) is 3.11. The molecule has 4 heteroatoms. The zero-order chi connectivity index (χ0) is 12.4. The molecule has 0 unspecified atom stereocenters. The third-order valence-corrected chi connectivity index (χ3v) is 2.70. The highest BCUT2D eigenvalue weighted by Gasteiger charge is 2.06. The van der Waals surface area contributed by atoms with Crippen LogP contribution in [0.3, 0.4) is 0 Å². The summed E-state index contributed by atoms with van der Waals surface area (Å²) in [7, 11) is 0. The molecule has 0 aliphatic carbocycles. The van der Waals surface area contributed by atoms with Crippen LogP contribution in [-0.4, -0.2) is 11.4 Å². The third kappa shape index (κ3) is 2.29. The molecule has 0 saturated heterocycles. The van der Waals surface area contributed by atoms with Crippen LogP contribution in [0.2, 0.25) is 5.02 Å². The highest BCUT2D eigenvalue weighted by molar-refractivity contribution is 6.31. The molecule has 0 spiro atoms. The van der Waals surface area contributed by atoms with Gasteiger partial charge in [0.05, 0.1) is 10.6 Å². The Morgan fingerprint density at radius 2 is 1.76 bits per heavy atom. The van der Waals surface area contributed by atoms with Crippen LogP contribution in [0, 0.1) is 5.82 Å². The fourth-order valence-corrected chi connectivity index (χ4v) is 1.68. The summed E-state index contributed by atoms with van der Waals surface area (Å²) in [5.74, 6) is -0.582. The number of aromatic hydroxyl groups is 1. The maximum Gasteiger partial charge on any atom is 0.153 e. The molecule has 2 rings (SSSR count). The Labute approximate surface area is 102 Å². The fraction of sp³-hybridized carbons (Fsp3) is 0. The zero-order valence-electron chi connectivity index (χ0n) is 8.65. The Morgan fingerprint density at radius 3 is 2.41 bits per heavy atom. The lowest BCUT2D eigenvalue weighted by Crippen LogP contribution is -1.85. The van der Waals surface area contributed by atoms with Crippen molar-refractivity contribution >= 4 is 17.9 Å². The van der Waals surface area contributed by atoms with Gasteiger partial charge >= 0.3 is 0 Å². The van der Waals surface area contributed by atoms with Crippen LogP contribution in [0.25, 0.3) is 11.1 Å². The maximum atomic E-state index is 13.0. The standard InChI is InChI=1S/C13H8ClFO2/c14-11-6-9(1-3-12(11)15)8-2-4-13(17)10(5-8)7-16/h1-7,17H. The number of aldehydes is 1. The number of hydrogen-bond acceptors (Lipinski definition) is 2. The smallest absolute Gasteiger partial charge is 0.153 e. The highest BCUT2D eigenvalue weighted by Crippen LogP contribution is 2.27. The minimum atomic E-state index is -0.496. The van der Waals surface area contributed by atoms with E-state index < -0.39 is 5.82 Å². The second kappa shape index (κ2) is 4.55. The molecule has 0 saturated carbocycles. The van der Waals surface area contributed by atoms with Gasteiger partial charge in [0, 0.05) is 0 Å². The van der Waals surface area contributed by atoms with Crippen LogP contribution in [0.1, 0.15) is 10.4 Å². The number of carbonyl (C=O) groups is 1. The summed E-state index contributed by atoms with van der Waals surface area (Å²) in [6.07, 6.45) is 0.559. The van der Waals surface area contributed by atoms with Crippen molar-refractivity contribution in [2.24, 2.45) is 0 Å². The van der Waals surface area contributed by atoms with Crippen LogP contribution in [0.4, 0.5) is 4.39 Å². The molecule has 0 heterocycles. The molecule has 0 aromatic heterocycles. The average molecular weight is 251 g/mol. The molecule has 2 aromatic rings. The van der Waals surface area contributed by atoms with Gasteiger partial charge in [-0.05, 0) is 35.4 Å². The van der Waals surface area contributed by atoms with Gasteiger partial charge < -0.3 is 5.11 Å². The van der Waals surface area contributed by atoms with Gasteiger partial charge in [0.2, 0.25) is 0 Å². The predicted molar refractivity (Wildman–Crippen MR) is 63.9 cm³/mol. The molecule has 86 valence electrons. The molecule has 0 fully saturated rings. The van der Waals surface area contributed by atoms with Crippen LogP contribution >= 0.6 is 11.6 Å². The van der Waals surface area contributed by atoms with Gasteiger partial charge in [-0.3, -0.25) is 4.79 Å². The Morgan fingerprint density at radius 1 is 1.12 bits per heavy atom. The van der Waals surface area contributed by atoms with E-state index in [9.17, 15) is 14.3 Å². The van der Waals surface area contributed by atoms with Crippen LogP contribution in [0.5, 0.6) is 5.75 Å². The molecule has 0 aliphatic heterocycles. The normalized spacial score (nSPS) is 10.2. The summed E-state index contributed by atoms with van der Waals surface area (Å²) in [4.78, 5) is 10.7. The molecule has 0 amide bonds. The van der Waals surface area contributed by atoms with Crippen LogP contribution in [0.15, 0.2) is 36.4 Å². The first kappa shape index (κ1) is 11.6. The minimum Gasteiger partial charge on any atom is -0.507 e. The van der Waals surface area contributed by atoms with Gasteiger partial charge in [0.1, 0.15) is 11.6 Å². The summed E-state index contributed by atoms with van der Waals surface area (Å²) >= 11 is 5.67. The second-order valence-corrected chi connectivity index (χ2v) is 3.93. The number of halogens is 2. The van der Waals surface area contributed by atoms with Crippen molar-refractivity contribution in [3.63, 3.8) is 0 Å². The van der Waals surface area contributed by atoms with E-state index in [1.54, 1.807) is 12.1 Å². The SMILES string of the molecule is O=Cc1cc(-c2ccc(F)c(Cl)c2)ccc1O. The summed E-state index contributed by atoms with van der Waals surface area (Å²) in [6, 6.07) is 8.85. The third-order valence-electron chi connectivity index (χ3n) is 2.41. The number of hydrogen-bond donors (Lipinski definition) is 1. The quantitative estimate of drug-likeness (QED) is 0.826. The molecule has 1 N–H and O–H groups in total. The first-order valence-corrected chi connectivity index (χ1v) is 5.23. The second-order valence-electron chi connectivity index (χ2n) is 3.52. The van der Waals surface area contributed by atoms with E-state index in [0.29, 0.717) is 17.4 Å². The molecular formula is C13H8ClFO2. The van der Waals surface area contributed by atoms with Crippen molar-refractivity contribution in [2.75, 3.05) is 0 Å². The number of carbonyl (C=O) groups excluding carboxylic acids is 1. The van der Waals surface area contributed by atoms with Crippen molar-refractivity contribution in [1.82, 2.24) is 0 Å². The molecular weight excluding hydrogens is 243 g/mol. The van der Waals surface area contributed by atoms with Gasteiger partial charge in [-0.15, -0.1) is 0 Å². The molecule has 0 atom stereocenters. The lowest BCUT2D eigenvalue weighted by molar-refractivity contribution is 0.112. The molecule has 2 aromatic carbocycles. The van der Waals surface area contributed by atoms with E-state index >= 15 is 0 Å². The Hall–Kier alpha value is -1.87. The van der Waals surface area contributed by atoms with E-state index in [2.05, 4.69) is 0 Å². The number of rotatable bonds is 2. The van der Waals surface area contributed by atoms with E-state index in [1.807, 2.05) is 0 Å². The first-order valence-electron chi connectivity index (χ1n) is 4.85. The van der Waals surface area contributed by atoms with Crippen molar-refractivity contribution in [2.45, 2.75) is 0 Å². The zero-order valence-corrected chi connectivity index (χ0v) is 9.41. The number of phenols is 1. The lowest BCUT2D eigenvalue weighted by Gasteiger charge is -2.05. The van der Waals surface area contributed by atoms with Gasteiger partial charge in [-0.2, -0.15) is 0 Å². The summed E-state index contributed by atoms with van der Waals surface area (Å²) in [6.45, 7) is 0. The van der Waals surface area contributed by atoms with Gasteiger partial charge in [-0.25, -0.2) is 4.39 Å². The van der Waals surface area contributed by atoms with Gasteiger partial charge in [0.15, 0.2) is 6.29 Å². The van der Waals surface area contributed by atoms with Crippen molar-refractivity contribution in [3.8, 4) is 16.9 Å². The topological polar surface area (TPSA) is 37.3 Å². The van der Waals surface area contributed by atoms with E-state index in [0.717, 1.165) is 0 Å². The highest BCUT2D eigenvalue weighted by atomic mass is 35.5. The van der Waals surface area contributed by atoms with Crippen LogP contribution < -0.4 is 0 Å². The molecule has 2 nitrogen and oxygen atoms in total. The minimum absolute atomic E-state index is 0.0169. The average Bonchev–Trinajstić information content (AvgIpc) is 2.33. The van der Waals surface area contributed by atoms with Gasteiger partial charge in [-0.1, -0.05) is 23.7 Å². The summed E-state index contributed by atoms with van der Waals surface area (Å²) < 4.78 is 13.0. The molecule has 0 bridgehead atoms. The number of benzene rings is 2. The predicted octanol–water partition coefficient (Wildman–Crippen LogP) is 3.66. The molecule has 0 aliphatic rings. The summed E-state index contributed by atoms with van der Waals surface area (Å²) in [5.41, 5.74) is 1.55. The van der Waals surface area contributed by atoms with E-state index in [-0.39, 0.29) is 16.3 Å². The summed E-state index contributed by atoms with van der Waals surface area (Å²) in [5, 5.41) is 9.38. The Balaban J connectivity index is 2.52. The Bertz CT molecular complexity index is 582. The van der Waals surface area contributed by atoms with Gasteiger partial charge in [0.25, 0.3) is 0 Å². The lowest BCUT2D eigenvalue weighted by atomic mass is 10.0. The first-order chi connectivity index (χ1) is 8.11. The maximum absolute atomic E-state index is 13.0. The molecule has 0 radical (unpaired) electrons. The van der Waals surface area contributed by atoms with Crippen LogP contribution in [-0.2, 0) is 0 Å². The van der Waals surface area contributed by atoms with E-state index in [4.69, 9.17) is 11.6 Å². The molecule has 17 heavy (non-hydrogen) atoms. The van der Waals surface area contributed by atoms with Crippen molar-refractivity contribution in [1.29, 1.82) is 0 Å². The largest absolute Gasteiger partial charge is 0.507 e. The monoisotopic (exact) mass is 250 g/mol. The number of phenolic OH excluding ortho intramolecular Hbond substituents is 1.